The molecule has 3 rings (SSSR count). The predicted molar refractivity (Wildman–Crippen MR) is 108 cm³/mol. The van der Waals surface area contributed by atoms with Crippen molar-refractivity contribution in [3.05, 3.63) is 59.2 Å². The van der Waals surface area contributed by atoms with E-state index in [1.165, 1.54) is 0 Å². The molecule has 3 N–H and O–H groups in total. The van der Waals surface area contributed by atoms with Crippen molar-refractivity contribution in [1.82, 2.24) is 5.32 Å². The molecule has 2 aromatic carbocycles. The van der Waals surface area contributed by atoms with Crippen LogP contribution in [0.4, 0.5) is 5.69 Å². The molecule has 0 saturated heterocycles. The minimum Gasteiger partial charge on any atom is -0.494 e. The Kier molecular flexibility index (Phi) is 6.84. The molecule has 2 aromatic rings. The van der Waals surface area contributed by atoms with Gasteiger partial charge in [0.1, 0.15) is 5.75 Å². The molecule has 0 fully saturated rings. The topological polar surface area (TPSA) is 105 Å². The number of nitrogens with one attached hydrogen (secondary N) is 2. The summed E-state index contributed by atoms with van der Waals surface area (Å²) >= 11 is 0. The number of hydrogen-bond acceptors (Lipinski definition) is 4. The molecular formula is C22H24N2O5. The summed E-state index contributed by atoms with van der Waals surface area (Å²) in [6.07, 6.45) is 2.71. The number of aromatic carboxylic acids is 1. The van der Waals surface area contributed by atoms with Gasteiger partial charge in [0.2, 0.25) is 11.8 Å². The smallest absolute Gasteiger partial charge is 0.335 e. The number of carboxylic acid groups (broad SMARTS) is 1. The van der Waals surface area contributed by atoms with E-state index in [1.807, 2.05) is 24.3 Å². The fraction of sp³-hybridized carbons (Fsp3) is 0.318. The molecule has 2 amide bonds. The first kappa shape index (κ1) is 20.4. The largest absolute Gasteiger partial charge is 0.494 e. The number of amides is 2. The highest BCUT2D eigenvalue weighted by Crippen LogP contribution is 2.26. The van der Waals surface area contributed by atoms with Crippen molar-refractivity contribution >= 4 is 23.5 Å². The van der Waals surface area contributed by atoms with Gasteiger partial charge < -0.3 is 20.5 Å². The van der Waals surface area contributed by atoms with Crippen LogP contribution in [0.15, 0.2) is 42.5 Å². The van der Waals surface area contributed by atoms with Crippen molar-refractivity contribution < 1.29 is 24.2 Å². The number of carbonyl (C=O) groups is 3. The summed E-state index contributed by atoms with van der Waals surface area (Å²) in [5.74, 6) is -0.249. The predicted octanol–water partition coefficient (Wildman–Crippen LogP) is 2.79. The van der Waals surface area contributed by atoms with Gasteiger partial charge in [0.15, 0.2) is 0 Å². The van der Waals surface area contributed by atoms with Gasteiger partial charge in [-0.1, -0.05) is 12.1 Å². The zero-order chi connectivity index (χ0) is 20.6. The van der Waals surface area contributed by atoms with E-state index in [-0.39, 0.29) is 17.4 Å². The van der Waals surface area contributed by atoms with E-state index in [2.05, 4.69) is 10.6 Å². The average Bonchev–Trinajstić information content (AvgIpc) is 2.71. The number of fused-ring (bicyclic) bond motifs is 1. The van der Waals surface area contributed by atoms with Gasteiger partial charge in [-0.3, -0.25) is 9.59 Å². The van der Waals surface area contributed by atoms with Crippen molar-refractivity contribution in [3.63, 3.8) is 0 Å². The summed E-state index contributed by atoms with van der Waals surface area (Å²) in [5.41, 5.74) is 3.02. The maximum atomic E-state index is 11.9. The minimum absolute atomic E-state index is 0.0340. The molecule has 0 unspecified atom stereocenters. The Morgan fingerprint density at radius 2 is 2.00 bits per heavy atom. The van der Waals surface area contributed by atoms with Crippen LogP contribution in [-0.4, -0.2) is 36.0 Å². The second-order valence-electron chi connectivity index (χ2n) is 6.92. The van der Waals surface area contributed by atoms with E-state index in [0.29, 0.717) is 45.3 Å². The maximum Gasteiger partial charge on any atom is 0.335 e. The van der Waals surface area contributed by atoms with Crippen LogP contribution in [0, 0.1) is 0 Å². The number of benzene rings is 2. The second-order valence-corrected chi connectivity index (χ2v) is 6.92. The van der Waals surface area contributed by atoms with Crippen LogP contribution in [0.5, 0.6) is 5.75 Å². The lowest BCUT2D eigenvalue weighted by Crippen LogP contribution is -2.25. The molecule has 1 aliphatic rings. The van der Waals surface area contributed by atoms with Crippen molar-refractivity contribution in [2.24, 2.45) is 0 Å². The van der Waals surface area contributed by atoms with Crippen LogP contribution in [0.2, 0.25) is 0 Å². The summed E-state index contributed by atoms with van der Waals surface area (Å²) in [6, 6.07) is 12.3. The van der Waals surface area contributed by atoms with Crippen molar-refractivity contribution in [2.45, 2.75) is 32.1 Å². The lowest BCUT2D eigenvalue weighted by atomic mass is 10.0. The fourth-order valence-electron chi connectivity index (χ4n) is 3.17. The highest BCUT2D eigenvalue weighted by Gasteiger charge is 2.15. The number of carboxylic acids is 1. The van der Waals surface area contributed by atoms with Gasteiger partial charge in [0.05, 0.1) is 12.2 Å². The van der Waals surface area contributed by atoms with Crippen LogP contribution in [0.3, 0.4) is 0 Å². The summed E-state index contributed by atoms with van der Waals surface area (Å²) in [4.78, 5) is 34.3. The first-order valence-electron chi connectivity index (χ1n) is 9.66. The van der Waals surface area contributed by atoms with E-state index in [0.717, 1.165) is 22.6 Å². The number of hydrogen-bond donors (Lipinski definition) is 3. The molecule has 0 aromatic heterocycles. The van der Waals surface area contributed by atoms with Crippen molar-refractivity contribution in [3.8, 4) is 5.75 Å². The van der Waals surface area contributed by atoms with Crippen molar-refractivity contribution in [2.75, 3.05) is 18.5 Å². The molecule has 1 heterocycles. The molecule has 0 radical (unpaired) electrons. The summed E-state index contributed by atoms with van der Waals surface area (Å²) in [5, 5.41) is 14.7. The number of anilines is 1. The van der Waals surface area contributed by atoms with Gasteiger partial charge in [0, 0.05) is 25.1 Å². The first-order chi connectivity index (χ1) is 14.0. The third kappa shape index (κ3) is 6.07. The minimum atomic E-state index is -0.959. The highest BCUT2D eigenvalue weighted by atomic mass is 16.5. The SMILES string of the molecule is O=C(CCCOc1ccc2c(c1)CCC(=O)N2)NCCc1cccc(C(=O)O)c1. The van der Waals surface area contributed by atoms with Gasteiger partial charge in [-0.25, -0.2) is 4.79 Å². The third-order valence-electron chi connectivity index (χ3n) is 4.70. The number of ether oxygens (including phenoxy) is 1. The second kappa shape index (κ2) is 9.73. The first-order valence-corrected chi connectivity index (χ1v) is 9.66. The quantitative estimate of drug-likeness (QED) is 0.566. The average molecular weight is 396 g/mol. The summed E-state index contributed by atoms with van der Waals surface area (Å²) < 4.78 is 5.71. The standard InChI is InChI=1S/C22H24N2O5/c25-20(23-11-10-15-3-1-4-17(13-15)22(27)28)5-2-12-29-18-7-8-19-16(14-18)6-9-21(26)24-19/h1,3-4,7-8,13-14H,2,5-6,9-12H2,(H,23,25)(H,24,26)(H,27,28). The zero-order valence-electron chi connectivity index (χ0n) is 16.1. The maximum absolute atomic E-state index is 11.9. The Morgan fingerprint density at radius 1 is 1.14 bits per heavy atom. The highest BCUT2D eigenvalue weighted by molar-refractivity contribution is 5.94. The lowest BCUT2D eigenvalue weighted by Gasteiger charge is -2.17. The van der Waals surface area contributed by atoms with Crippen LogP contribution >= 0.6 is 0 Å². The Bertz CT molecular complexity index is 910. The van der Waals surface area contributed by atoms with Gasteiger partial charge in [0.25, 0.3) is 0 Å². The Balaban J connectivity index is 1.34. The van der Waals surface area contributed by atoms with Gasteiger partial charge in [-0.05, 0) is 60.7 Å². The molecule has 0 aliphatic carbocycles. The number of rotatable bonds is 9. The van der Waals surface area contributed by atoms with Gasteiger partial charge >= 0.3 is 5.97 Å². The van der Waals surface area contributed by atoms with Gasteiger partial charge in [-0.2, -0.15) is 0 Å². The zero-order valence-corrected chi connectivity index (χ0v) is 16.1. The Morgan fingerprint density at radius 3 is 2.83 bits per heavy atom. The fourth-order valence-corrected chi connectivity index (χ4v) is 3.17. The molecule has 7 heteroatoms. The lowest BCUT2D eigenvalue weighted by molar-refractivity contribution is -0.121. The van der Waals surface area contributed by atoms with E-state index >= 15 is 0 Å². The Hall–Kier alpha value is -3.35. The number of aryl methyl sites for hydroxylation is 1. The molecule has 29 heavy (non-hydrogen) atoms. The van der Waals surface area contributed by atoms with Crippen LogP contribution < -0.4 is 15.4 Å². The van der Waals surface area contributed by atoms with E-state index in [9.17, 15) is 14.4 Å². The molecule has 152 valence electrons. The molecule has 0 bridgehead atoms. The van der Waals surface area contributed by atoms with Gasteiger partial charge in [-0.15, -0.1) is 0 Å². The number of carbonyl (C=O) groups excluding carboxylic acids is 2. The van der Waals surface area contributed by atoms with Crippen LogP contribution in [0.25, 0.3) is 0 Å². The monoisotopic (exact) mass is 396 g/mol. The third-order valence-corrected chi connectivity index (χ3v) is 4.70. The summed E-state index contributed by atoms with van der Waals surface area (Å²) in [6.45, 7) is 0.887. The molecule has 1 aliphatic heterocycles. The molecular weight excluding hydrogens is 372 g/mol. The summed E-state index contributed by atoms with van der Waals surface area (Å²) in [7, 11) is 0. The molecule has 7 nitrogen and oxygen atoms in total. The van der Waals surface area contributed by atoms with E-state index < -0.39 is 5.97 Å². The van der Waals surface area contributed by atoms with Crippen LogP contribution in [-0.2, 0) is 22.4 Å². The molecule has 0 atom stereocenters. The molecule has 0 spiro atoms. The van der Waals surface area contributed by atoms with Crippen LogP contribution in [0.1, 0.15) is 40.7 Å². The molecule has 0 saturated carbocycles. The normalized spacial score (nSPS) is 12.6. The van der Waals surface area contributed by atoms with E-state index in [4.69, 9.17) is 9.84 Å². The van der Waals surface area contributed by atoms with Crippen molar-refractivity contribution in [1.29, 1.82) is 0 Å². The van der Waals surface area contributed by atoms with E-state index in [1.54, 1.807) is 18.2 Å². The Labute approximate surface area is 169 Å².